The standard InChI is InChI=1S/C15H25NO2/c1-5-18-13-8-6-12(7-9-13)14(16)10-11-15(2,3)17-4/h6-9,14H,5,10-11,16H2,1-4H3. The Labute approximate surface area is 110 Å². The molecule has 1 atom stereocenters. The maximum Gasteiger partial charge on any atom is 0.119 e. The summed E-state index contributed by atoms with van der Waals surface area (Å²) in [5.74, 6) is 0.894. The fourth-order valence-corrected chi connectivity index (χ4v) is 1.75. The Balaban J connectivity index is 2.53. The number of benzene rings is 1. The largest absolute Gasteiger partial charge is 0.494 e. The molecule has 0 amide bonds. The quantitative estimate of drug-likeness (QED) is 0.808. The maximum absolute atomic E-state index is 6.18. The van der Waals surface area contributed by atoms with E-state index in [0.29, 0.717) is 6.61 Å². The topological polar surface area (TPSA) is 44.5 Å². The van der Waals surface area contributed by atoms with Crippen LogP contribution in [0, 0.1) is 0 Å². The molecule has 3 nitrogen and oxygen atoms in total. The minimum absolute atomic E-state index is 0.0510. The Bertz CT molecular complexity index is 346. The molecule has 0 bridgehead atoms. The van der Waals surface area contributed by atoms with Crippen LogP contribution in [0.3, 0.4) is 0 Å². The van der Waals surface area contributed by atoms with Crippen molar-refractivity contribution < 1.29 is 9.47 Å². The van der Waals surface area contributed by atoms with E-state index in [9.17, 15) is 0 Å². The summed E-state index contributed by atoms with van der Waals surface area (Å²) in [5, 5.41) is 0. The van der Waals surface area contributed by atoms with Gasteiger partial charge in [-0.15, -0.1) is 0 Å². The molecular weight excluding hydrogens is 226 g/mol. The van der Waals surface area contributed by atoms with Gasteiger partial charge in [0.05, 0.1) is 12.2 Å². The first-order valence-electron chi connectivity index (χ1n) is 6.52. The molecule has 0 saturated heterocycles. The second kappa shape index (κ2) is 6.76. The molecule has 102 valence electrons. The van der Waals surface area contributed by atoms with Crippen molar-refractivity contribution in [3.05, 3.63) is 29.8 Å². The summed E-state index contributed by atoms with van der Waals surface area (Å²) in [5.41, 5.74) is 7.22. The van der Waals surface area contributed by atoms with Crippen molar-refractivity contribution in [3.8, 4) is 5.75 Å². The van der Waals surface area contributed by atoms with E-state index in [2.05, 4.69) is 13.8 Å². The number of methoxy groups -OCH3 is 1. The number of hydrogen-bond acceptors (Lipinski definition) is 3. The van der Waals surface area contributed by atoms with E-state index >= 15 is 0 Å². The van der Waals surface area contributed by atoms with Gasteiger partial charge in [0.25, 0.3) is 0 Å². The van der Waals surface area contributed by atoms with Gasteiger partial charge in [0.1, 0.15) is 5.75 Å². The average molecular weight is 251 g/mol. The molecule has 0 aliphatic carbocycles. The molecule has 0 saturated carbocycles. The lowest BCUT2D eigenvalue weighted by Crippen LogP contribution is -2.24. The van der Waals surface area contributed by atoms with Gasteiger partial charge in [0, 0.05) is 13.2 Å². The Hall–Kier alpha value is -1.06. The molecule has 1 aromatic rings. The molecule has 0 heterocycles. The molecule has 0 radical (unpaired) electrons. The second-order valence-corrected chi connectivity index (χ2v) is 5.11. The van der Waals surface area contributed by atoms with Gasteiger partial charge in [-0.25, -0.2) is 0 Å². The van der Waals surface area contributed by atoms with Crippen molar-refractivity contribution in [1.29, 1.82) is 0 Å². The van der Waals surface area contributed by atoms with Gasteiger partial charge in [-0.05, 0) is 51.3 Å². The van der Waals surface area contributed by atoms with E-state index in [-0.39, 0.29) is 11.6 Å². The van der Waals surface area contributed by atoms with Gasteiger partial charge in [-0.2, -0.15) is 0 Å². The zero-order valence-corrected chi connectivity index (χ0v) is 11.9. The fourth-order valence-electron chi connectivity index (χ4n) is 1.75. The van der Waals surface area contributed by atoms with E-state index in [0.717, 1.165) is 24.2 Å². The highest BCUT2D eigenvalue weighted by Gasteiger charge is 2.18. The molecule has 0 aliphatic heterocycles. The average Bonchev–Trinajstić information content (AvgIpc) is 2.37. The minimum atomic E-state index is -0.108. The molecule has 2 N–H and O–H groups in total. The number of ether oxygens (including phenoxy) is 2. The van der Waals surface area contributed by atoms with E-state index in [1.54, 1.807) is 7.11 Å². The lowest BCUT2D eigenvalue weighted by atomic mass is 9.95. The molecule has 0 fully saturated rings. The van der Waals surface area contributed by atoms with E-state index in [1.807, 2.05) is 31.2 Å². The normalized spacial score (nSPS) is 13.4. The van der Waals surface area contributed by atoms with Gasteiger partial charge in [0.2, 0.25) is 0 Å². The highest BCUT2D eigenvalue weighted by Crippen LogP contribution is 2.24. The smallest absolute Gasteiger partial charge is 0.119 e. The highest BCUT2D eigenvalue weighted by atomic mass is 16.5. The van der Waals surface area contributed by atoms with Crippen molar-refractivity contribution in [3.63, 3.8) is 0 Å². The van der Waals surface area contributed by atoms with Crippen LogP contribution in [0.15, 0.2) is 24.3 Å². The third-order valence-corrected chi connectivity index (χ3v) is 3.23. The maximum atomic E-state index is 6.18. The molecule has 1 rings (SSSR count). The third kappa shape index (κ3) is 4.67. The molecule has 1 aromatic carbocycles. The molecule has 3 heteroatoms. The summed E-state index contributed by atoms with van der Waals surface area (Å²) in [6.45, 7) is 6.83. The Kier molecular flexibility index (Phi) is 5.63. The van der Waals surface area contributed by atoms with Gasteiger partial charge >= 0.3 is 0 Å². The Morgan fingerprint density at radius 2 is 1.83 bits per heavy atom. The lowest BCUT2D eigenvalue weighted by Gasteiger charge is -2.24. The first kappa shape index (κ1) is 15.0. The highest BCUT2D eigenvalue weighted by molar-refractivity contribution is 5.29. The molecule has 0 aliphatic rings. The third-order valence-electron chi connectivity index (χ3n) is 3.23. The molecular formula is C15H25NO2. The van der Waals surface area contributed by atoms with E-state index in [1.165, 1.54) is 0 Å². The minimum Gasteiger partial charge on any atom is -0.494 e. The number of nitrogens with two attached hydrogens (primary N) is 1. The van der Waals surface area contributed by atoms with Crippen molar-refractivity contribution >= 4 is 0 Å². The summed E-state index contributed by atoms with van der Waals surface area (Å²) in [6, 6.07) is 8.07. The van der Waals surface area contributed by atoms with Crippen LogP contribution in [0.25, 0.3) is 0 Å². The van der Waals surface area contributed by atoms with Crippen molar-refractivity contribution in [2.75, 3.05) is 13.7 Å². The van der Waals surface area contributed by atoms with E-state index in [4.69, 9.17) is 15.2 Å². The van der Waals surface area contributed by atoms with Crippen LogP contribution in [0.5, 0.6) is 5.75 Å². The summed E-state index contributed by atoms with van der Waals surface area (Å²) in [6.07, 6.45) is 1.85. The van der Waals surface area contributed by atoms with Crippen LogP contribution in [0.1, 0.15) is 45.2 Å². The molecule has 0 spiro atoms. The first-order valence-corrected chi connectivity index (χ1v) is 6.52. The van der Waals surface area contributed by atoms with Crippen molar-refractivity contribution in [2.24, 2.45) is 5.73 Å². The predicted octanol–water partition coefficient (Wildman–Crippen LogP) is 3.29. The van der Waals surface area contributed by atoms with Crippen LogP contribution in [0.4, 0.5) is 0 Å². The fraction of sp³-hybridized carbons (Fsp3) is 0.600. The van der Waals surface area contributed by atoms with Gasteiger partial charge < -0.3 is 15.2 Å². The van der Waals surface area contributed by atoms with Gasteiger partial charge in [-0.1, -0.05) is 12.1 Å². The Morgan fingerprint density at radius 3 is 2.33 bits per heavy atom. The molecule has 0 aromatic heterocycles. The lowest BCUT2D eigenvalue weighted by molar-refractivity contribution is 0.0125. The van der Waals surface area contributed by atoms with Crippen molar-refractivity contribution in [1.82, 2.24) is 0 Å². The Morgan fingerprint density at radius 1 is 1.22 bits per heavy atom. The number of hydrogen-bond donors (Lipinski definition) is 1. The van der Waals surface area contributed by atoms with Crippen LogP contribution in [0.2, 0.25) is 0 Å². The second-order valence-electron chi connectivity index (χ2n) is 5.11. The van der Waals surface area contributed by atoms with Crippen molar-refractivity contribution in [2.45, 2.75) is 45.3 Å². The van der Waals surface area contributed by atoms with Gasteiger partial charge in [-0.3, -0.25) is 0 Å². The van der Waals surface area contributed by atoms with Crippen LogP contribution in [-0.2, 0) is 4.74 Å². The summed E-state index contributed by atoms with van der Waals surface area (Å²) in [4.78, 5) is 0. The predicted molar refractivity (Wildman–Crippen MR) is 74.9 cm³/mol. The summed E-state index contributed by atoms with van der Waals surface area (Å²) in [7, 11) is 1.74. The summed E-state index contributed by atoms with van der Waals surface area (Å²) >= 11 is 0. The summed E-state index contributed by atoms with van der Waals surface area (Å²) < 4.78 is 10.8. The zero-order chi connectivity index (χ0) is 13.6. The zero-order valence-electron chi connectivity index (χ0n) is 11.9. The van der Waals surface area contributed by atoms with E-state index < -0.39 is 0 Å². The number of rotatable bonds is 7. The monoisotopic (exact) mass is 251 g/mol. The molecule has 18 heavy (non-hydrogen) atoms. The van der Waals surface area contributed by atoms with Crippen LogP contribution >= 0.6 is 0 Å². The SMILES string of the molecule is CCOc1ccc(C(N)CCC(C)(C)OC)cc1. The van der Waals surface area contributed by atoms with Crippen LogP contribution < -0.4 is 10.5 Å². The van der Waals surface area contributed by atoms with Gasteiger partial charge in [0.15, 0.2) is 0 Å². The first-order chi connectivity index (χ1) is 8.48. The molecule has 1 unspecified atom stereocenters. The van der Waals surface area contributed by atoms with Crippen LogP contribution in [-0.4, -0.2) is 19.3 Å².